The van der Waals surface area contributed by atoms with E-state index < -0.39 is 0 Å². The first kappa shape index (κ1) is 11.3. The summed E-state index contributed by atoms with van der Waals surface area (Å²) in [7, 11) is 0. The van der Waals surface area contributed by atoms with E-state index in [1.807, 2.05) is 12.1 Å². The molecule has 1 aliphatic rings. The average Bonchev–Trinajstić information content (AvgIpc) is 2.74. The van der Waals surface area contributed by atoms with Crippen molar-refractivity contribution in [3.63, 3.8) is 0 Å². The van der Waals surface area contributed by atoms with E-state index >= 15 is 0 Å². The van der Waals surface area contributed by atoms with Gasteiger partial charge in [0.25, 0.3) is 0 Å². The molecule has 0 spiro atoms. The Kier molecular flexibility index (Phi) is 3.67. The Morgan fingerprint density at radius 2 is 2.38 bits per heavy atom. The van der Waals surface area contributed by atoms with Crippen LogP contribution in [-0.2, 0) is 4.74 Å². The van der Waals surface area contributed by atoms with Crippen molar-refractivity contribution in [2.45, 2.75) is 19.8 Å². The van der Waals surface area contributed by atoms with Crippen molar-refractivity contribution >= 4 is 11.4 Å². The lowest BCUT2D eigenvalue weighted by Crippen LogP contribution is -2.09. The molecule has 0 aliphatic carbocycles. The zero-order valence-corrected chi connectivity index (χ0v) is 9.83. The second-order valence-electron chi connectivity index (χ2n) is 4.52. The Labute approximate surface area is 97.0 Å². The Morgan fingerprint density at radius 1 is 1.50 bits per heavy atom. The van der Waals surface area contributed by atoms with Gasteiger partial charge in [0.1, 0.15) is 0 Å². The zero-order valence-electron chi connectivity index (χ0n) is 9.83. The Bertz CT molecular complexity index is 346. The van der Waals surface area contributed by atoms with Gasteiger partial charge in [0.05, 0.1) is 0 Å². The molecule has 1 fully saturated rings. The summed E-state index contributed by atoms with van der Waals surface area (Å²) in [5.74, 6) is 0.738. The van der Waals surface area contributed by atoms with E-state index in [0.29, 0.717) is 0 Å². The summed E-state index contributed by atoms with van der Waals surface area (Å²) >= 11 is 0. The molecular formula is C13H20N2O. The minimum Gasteiger partial charge on any atom is -0.399 e. The van der Waals surface area contributed by atoms with Crippen molar-refractivity contribution in [2.75, 3.05) is 30.8 Å². The standard InChI is InChI=1S/C13H20N2O/c1-10-8-12(14)2-3-13(10)15-6-4-11-5-7-16-9-11/h2-3,8,11,15H,4-7,9,14H2,1H3. The lowest BCUT2D eigenvalue weighted by molar-refractivity contribution is 0.185. The van der Waals surface area contributed by atoms with Crippen molar-refractivity contribution in [3.05, 3.63) is 23.8 Å². The molecule has 3 N–H and O–H groups in total. The van der Waals surface area contributed by atoms with E-state index in [2.05, 4.69) is 18.3 Å². The number of hydrogen-bond donors (Lipinski definition) is 2. The molecule has 0 bridgehead atoms. The molecule has 3 heteroatoms. The van der Waals surface area contributed by atoms with Gasteiger partial charge in [-0.05, 0) is 49.4 Å². The minimum atomic E-state index is 0.738. The predicted molar refractivity (Wildman–Crippen MR) is 67.6 cm³/mol. The third kappa shape index (κ3) is 2.89. The minimum absolute atomic E-state index is 0.738. The lowest BCUT2D eigenvalue weighted by Gasteiger charge is -2.12. The van der Waals surface area contributed by atoms with Gasteiger partial charge >= 0.3 is 0 Å². The fourth-order valence-corrected chi connectivity index (χ4v) is 2.11. The predicted octanol–water partition coefficient (Wildman–Crippen LogP) is 2.42. The molecule has 1 aromatic carbocycles. The number of rotatable bonds is 4. The van der Waals surface area contributed by atoms with E-state index in [1.165, 1.54) is 24.1 Å². The van der Waals surface area contributed by atoms with Crippen LogP contribution in [0.1, 0.15) is 18.4 Å². The van der Waals surface area contributed by atoms with Crippen LogP contribution in [0.2, 0.25) is 0 Å². The number of anilines is 2. The second kappa shape index (κ2) is 5.21. The molecular weight excluding hydrogens is 200 g/mol. The summed E-state index contributed by atoms with van der Waals surface area (Å²) in [6, 6.07) is 5.99. The maximum atomic E-state index is 5.71. The van der Waals surface area contributed by atoms with E-state index in [4.69, 9.17) is 10.5 Å². The Hall–Kier alpha value is -1.22. The molecule has 1 heterocycles. The smallest absolute Gasteiger partial charge is 0.0495 e. The molecule has 1 atom stereocenters. The molecule has 0 saturated carbocycles. The van der Waals surface area contributed by atoms with Crippen LogP contribution < -0.4 is 11.1 Å². The van der Waals surface area contributed by atoms with Crippen LogP contribution in [0.25, 0.3) is 0 Å². The van der Waals surface area contributed by atoms with Gasteiger partial charge in [0.15, 0.2) is 0 Å². The van der Waals surface area contributed by atoms with Crippen molar-refractivity contribution in [1.82, 2.24) is 0 Å². The highest BCUT2D eigenvalue weighted by molar-refractivity contribution is 5.57. The van der Waals surface area contributed by atoms with Crippen LogP contribution in [0.15, 0.2) is 18.2 Å². The van der Waals surface area contributed by atoms with Gasteiger partial charge in [0, 0.05) is 31.1 Å². The summed E-state index contributed by atoms with van der Waals surface area (Å²) in [6.45, 7) is 4.96. The van der Waals surface area contributed by atoms with Crippen LogP contribution >= 0.6 is 0 Å². The molecule has 3 nitrogen and oxygen atoms in total. The van der Waals surface area contributed by atoms with Crippen molar-refractivity contribution in [1.29, 1.82) is 0 Å². The molecule has 88 valence electrons. The summed E-state index contributed by atoms with van der Waals surface area (Å²) < 4.78 is 5.35. The third-order valence-electron chi connectivity index (χ3n) is 3.14. The summed E-state index contributed by atoms with van der Waals surface area (Å²) in [5.41, 5.74) is 8.94. The number of nitrogens with two attached hydrogens (primary N) is 1. The normalized spacial score (nSPS) is 19.9. The number of ether oxygens (including phenoxy) is 1. The molecule has 2 rings (SSSR count). The van der Waals surface area contributed by atoms with Gasteiger partial charge < -0.3 is 15.8 Å². The molecule has 1 aliphatic heterocycles. The van der Waals surface area contributed by atoms with Gasteiger partial charge in [-0.15, -0.1) is 0 Å². The average molecular weight is 220 g/mol. The van der Waals surface area contributed by atoms with Crippen LogP contribution in [0.4, 0.5) is 11.4 Å². The number of hydrogen-bond acceptors (Lipinski definition) is 3. The van der Waals surface area contributed by atoms with Gasteiger partial charge in [-0.25, -0.2) is 0 Å². The molecule has 16 heavy (non-hydrogen) atoms. The molecule has 0 amide bonds. The number of nitrogen functional groups attached to an aromatic ring is 1. The number of aryl methyl sites for hydroxylation is 1. The number of benzene rings is 1. The topological polar surface area (TPSA) is 47.3 Å². The first-order chi connectivity index (χ1) is 7.75. The van der Waals surface area contributed by atoms with Crippen molar-refractivity contribution < 1.29 is 4.74 Å². The first-order valence-electron chi connectivity index (χ1n) is 5.93. The van der Waals surface area contributed by atoms with Crippen molar-refractivity contribution in [3.8, 4) is 0 Å². The van der Waals surface area contributed by atoms with Gasteiger partial charge in [-0.1, -0.05) is 0 Å². The third-order valence-corrected chi connectivity index (χ3v) is 3.14. The molecule has 0 aromatic heterocycles. The number of nitrogens with one attached hydrogen (secondary N) is 1. The van der Waals surface area contributed by atoms with Gasteiger partial charge in [-0.2, -0.15) is 0 Å². The highest BCUT2D eigenvalue weighted by Crippen LogP contribution is 2.19. The maximum absolute atomic E-state index is 5.71. The fourth-order valence-electron chi connectivity index (χ4n) is 2.11. The molecule has 0 radical (unpaired) electrons. The quantitative estimate of drug-likeness (QED) is 0.766. The highest BCUT2D eigenvalue weighted by Gasteiger charge is 2.14. The van der Waals surface area contributed by atoms with Crippen molar-refractivity contribution in [2.24, 2.45) is 5.92 Å². The van der Waals surface area contributed by atoms with Gasteiger partial charge in [-0.3, -0.25) is 0 Å². The molecule has 1 saturated heterocycles. The van der Waals surface area contributed by atoms with E-state index in [0.717, 1.165) is 31.4 Å². The van der Waals surface area contributed by atoms with E-state index in [1.54, 1.807) is 0 Å². The van der Waals surface area contributed by atoms with Gasteiger partial charge in [0.2, 0.25) is 0 Å². The van der Waals surface area contributed by atoms with E-state index in [-0.39, 0.29) is 0 Å². The zero-order chi connectivity index (χ0) is 11.4. The van der Waals surface area contributed by atoms with E-state index in [9.17, 15) is 0 Å². The fraction of sp³-hybridized carbons (Fsp3) is 0.538. The van der Waals surface area contributed by atoms with Crippen LogP contribution in [0.5, 0.6) is 0 Å². The SMILES string of the molecule is Cc1cc(N)ccc1NCCC1CCOC1. The van der Waals surface area contributed by atoms with Crippen LogP contribution in [-0.4, -0.2) is 19.8 Å². The Morgan fingerprint density at radius 3 is 3.06 bits per heavy atom. The Balaban J connectivity index is 1.80. The van der Waals surface area contributed by atoms with Crippen LogP contribution in [0.3, 0.4) is 0 Å². The molecule has 1 unspecified atom stereocenters. The highest BCUT2D eigenvalue weighted by atomic mass is 16.5. The first-order valence-corrected chi connectivity index (χ1v) is 5.93. The lowest BCUT2D eigenvalue weighted by atomic mass is 10.1. The van der Waals surface area contributed by atoms with Crippen LogP contribution in [0, 0.1) is 12.8 Å². The summed E-state index contributed by atoms with van der Waals surface area (Å²) in [4.78, 5) is 0. The maximum Gasteiger partial charge on any atom is 0.0495 e. The molecule has 1 aromatic rings. The largest absolute Gasteiger partial charge is 0.399 e. The summed E-state index contributed by atoms with van der Waals surface area (Å²) in [6.07, 6.45) is 2.40. The monoisotopic (exact) mass is 220 g/mol. The second-order valence-corrected chi connectivity index (χ2v) is 4.52. The summed E-state index contributed by atoms with van der Waals surface area (Å²) in [5, 5.41) is 3.46.